The molecule has 2 aliphatic rings. The zero-order valence-electron chi connectivity index (χ0n) is 14.3. The Kier molecular flexibility index (Phi) is 7.35. The number of carboxylic acids is 2. The summed E-state index contributed by atoms with van der Waals surface area (Å²) in [6.45, 7) is 3.61. The molecule has 4 rings (SSSR count). The van der Waals surface area contributed by atoms with E-state index in [1.165, 1.54) is 11.3 Å². The molecule has 0 unspecified atom stereocenters. The van der Waals surface area contributed by atoms with Crippen molar-refractivity contribution < 1.29 is 24.5 Å². The van der Waals surface area contributed by atoms with Gasteiger partial charge in [0.2, 0.25) is 0 Å². The van der Waals surface area contributed by atoms with Crippen molar-refractivity contribution in [2.24, 2.45) is 0 Å². The quantitative estimate of drug-likeness (QED) is 0.633. The number of carboxylic acid groups (broad SMARTS) is 2. The summed E-state index contributed by atoms with van der Waals surface area (Å²) in [6.07, 6.45) is 3.15. The molecule has 2 aliphatic heterocycles. The first-order valence-corrected chi connectivity index (χ1v) is 9.15. The number of nitrogens with one attached hydrogen (secondary N) is 1. The smallest absolute Gasteiger partial charge is 0.328 e. The van der Waals surface area contributed by atoms with Crippen molar-refractivity contribution in [3.05, 3.63) is 39.5 Å². The van der Waals surface area contributed by atoms with E-state index in [4.69, 9.17) is 38.2 Å². The summed E-state index contributed by atoms with van der Waals surface area (Å²) in [5.41, 5.74) is 3.88. The van der Waals surface area contributed by atoms with Crippen LogP contribution in [0.5, 0.6) is 5.75 Å². The Morgan fingerprint density at radius 2 is 1.79 bits per heavy atom. The highest BCUT2D eigenvalue weighted by molar-refractivity contribution is 6.45. The van der Waals surface area contributed by atoms with E-state index in [0.717, 1.165) is 49.1 Å². The van der Waals surface area contributed by atoms with E-state index >= 15 is 0 Å². The van der Waals surface area contributed by atoms with E-state index in [2.05, 4.69) is 9.88 Å². The van der Waals surface area contributed by atoms with E-state index in [-0.39, 0.29) is 7.43 Å². The van der Waals surface area contributed by atoms with Gasteiger partial charge in [-0.3, -0.25) is 0 Å². The second-order valence-electron chi connectivity index (χ2n) is 6.08. The van der Waals surface area contributed by atoms with Gasteiger partial charge in [-0.05, 0) is 18.5 Å². The topological polar surface area (TPSA) is 101 Å². The molecule has 1 aromatic carbocycles. The van der Waals surface area contributed by atoms with Crippen molar-refractivity contribution in [1.29, 1.82) is 0 Å². The van der Waals surface area contributed by atoms with Crippen LogP contribution in [0.25, 0.3) is 10.9 Å². The highest BCUT2D eigenvalue weighted by Crippen LogP contribution is 2.43. The third-order valence-electron chi connectivity index (χ3n) is 4.43. The van der Waals surface area contributed by atoms with Gasteiger partial charge in [-0.25, -0.2) is 9.59 Å². The SMILES string of the molecule is C.Clc1cc2c3c(c1Cl)c1c(n3CCO2)CCNCC1.O=C(O)/C=C\C(=O)O. The summed E-state index contributed by atoms with van der Waals surface area (Å²) in [7, 11) is 0. The molecule has 0 fully saturated rings. The molecule has 0 radical (unpaired) electrons. The Morgan fingerprint density at radius 3 is 2.43 bits per heavy atom. The second-order valence-corrected chi connectivity index (χ2v) is 6.86. The molecule has 0 aliphatic carbocycles. The number of ether oxygens (including phenoxy) is 1. The fourth-order valence-electron chi connectivity index (χ4n) is 3.43. The first-order valence-electron chi connectivity index (χ1n) is 8.39. The van der Waals surface area contributed by atoms with Crippen LogP contribution in [0.15, 0.2) is 18.2 Å². The Hall–Kier alpha value is -2.22. The number of carbonyl (C=O) groups is 2. The summed E-state index contributed by atoms with van der Waals surface area (Å²) in [5.74, 6) is -1.64. The molecule has 0 atom stereocenters. The molecule has 28 heavy (non-hydrogen) atoms. The fraction of sp³-hybridized carbons (Fsp3) is 0.368. The van der Waals surface area contributed by atoms with Gasteiger partial charge in [0.25, 0.3) is 0 Å². The third kappa shape index (κ3) is 4.43. The zero-order chi connectivity index (χ0) is 19.6. The average Bonchev–Trinajstić information content (AvgIpc) is 2.78. The minimum atomic E-state index is -1.26. The minimum absolute atomic E-state index is 0. The van der Waals surface area contributed by atoms with Gasteiger partial charge in [-0.2, -0.15) is 0 Å². The molecule has 152 valence electrons. The second kappa shape index (κ2) is 9.32. The van der Waals surface area contributed by atoms with Gasteiger partial charge in [0.15, 0.2) is 0 Å². The maximum absolute atomic E-state index is 9.55. The maximum atomic E-state index is 9.55. The molecule has 0 saturated heterocycles. The van der Waals surface area contributed by atoms with E-state index in [1.54, 1.807) is 0 Å². The van der Waals surface area contributed by atoms with Crippen LogP contribution in [-0.2, 0) is 29.0 Å². The maximum Gasteiger partial charge on any atom is 0.328 e. The summed E-state index contributed by atoms with van der Waals surface area (Å²) in [5, 5.41) is 21.4. The van der Waals surface area contributed by atoms with Gasteiger partial charge in [-0.1, -0.05) is 30.6 Å². The molecule has 2 aromatic rings. The van der Waals surface area contributed by atoms with Crippen LogP contribution in [0.4, 0.5) is 0 Å². The molecular formula is C19H22Cl2N2O5. The van der Waals surface area contributed by atoms with Crippen LogP contribution in [0, 0.1) is 0 Å². The third-order valence-corrected chi connectivity index (χ3v) is 5.22. The number of hydrogen-bond donors (Lipinski definition) is 3. The van der Waals surface area contributed by atoms with E-state index in [0.29, 0.717) is 28.8 Å². The lowest BCUT2D eigenvalue weighted by atomic mass is 10.1. The molecule has 0 bridgehead atoms. The number of aliphatic carboxylic acids is 2. The Bertz CT molecular complexity index is 921. The predicted molar refractivity (Wildman–Crippen MR) is 109 cm³/mol. The minimum Gasteiger partial charge on any atom is -0.489 e. The molecule has 9 heteroatoms. The highest BCUT2D eigenvalue weighted by atomic mass is 35.5. The average molecular weight is 429 g/mol. The normalized spacial score (nSPS) is 14.9. The van der Waals surface area contributed by atoms with Gasteiger partial charge in [0.1, 0.15) is 12.4 Å². The zero-order valence-corrected chi connectivity index (χ0v) is 15.8. The van der Waals surface area contributed by atoms with Crippen molar-refractivity contribution in [2.45, 2.75) is 26.8 Å². The van der Waals surface area contributed by atoms with Crippen LogP contribution in [0.1, 0.15) is 18.7 Å². The van der Waals surface area contributed by atoms with Crippen molar-refractivity contribution in [2.75, 3.05) is 19.7 Å². The molecule has 7 nitrogen and oxygen atoms in total. The van der Waals surface area contributed by atoms with Crippen LogP contribution >= 0.6 is 23.2 Å². The molecule has 3 N–H and O–H groups in total. The van der Waals surface area contributed by atoms with Crippen molar-refractivity contribution in [3.63, 3.8) is 0 Å². The number of aromatic nitrogens is 1. The highest BCUT2D eigenvalue weighted by Gasteiger charge is 2.26. The number of rotatable bonds is 2. The van der Waals surface area contributed by atoms with Gasteiger partial charge in [0.05, 0.1) is 22.1 Å². The van der Waals surface area contributed by atoms with Gasteiger partial charge in [0, 0.05) is 42.3 Å². The molecule has 0 spiro atoms. The van der Waals surface area contributed by atoms with E-state index < -0.39 is 11.9 Å². The first-order chi connectivity index (χ1) is 12.9. The van der Waals surface area contributed by atoms with Gasteiger partial charge >= 0.3 is 11.9 Å². The van der Waals surface area contributed by atoms with Crippen LogP contribution in [0.3, 0.4) is 0 Å². The largest absolute Gasteiger partial charge is 0.489 e. The molecule has 3 heterocycles. The number of hydrogen-bond acceptors (Lipinski definition) is 4. The number of fused-ring (bicyclic) bond motifs is 3. The Balaban J connectivity index is 0.000000270. The lowest BCUT2D eigenvalue weighted by Crippen LogP contribution is -2.19. The van der Waals surface area contributed by atoms with Crippen molar-refractivity contribution >= 4 is 46.0 Å². The standard InChI is InChI=1S/C14H14Cl2N2O.C4H4O4.CH4/c15-9-7-11-14-12(13(9)16)8-1-3-17-4-2-10(8)18(14)5-6-19-11;5-3(6)1-2-4(7)8;/h7,17H,1-6H2;1-2H,(H,5,6)(H,7,8);1H4/b;2-1-;. The number of benzene rings is 1. The van der Waals surface area contributed by atoms with Crippen LogP contribution < -0.4 is 10.1 Å². The van der Waals surface area contributed by atoms with E-state index in [1.807, 2.05) is 6.07 Å². The van der Waals surface area contributed by atoms with Gasteiger partial charge < -0.3 is 24.8 Å². The molecule has 0 amide bonds. The summed E-state index contributed by atoms with van der Waals surface area (Å²) in [6, 6.07) is 1.85. The monoisotopic (exact) mass is 428 g/mol. The van der Waals surface area contributed by atoms with Crippen molar-refractivity contribution in [3.8, 4) is 5.75 Å². The fourth-order valence-corrected chi connectivity index (χ4v) is 3.88. The van der Waals surface area contributed by atoms with Crippen LogP contribution in [-0.4, -0.2) is 46.4 Å². The summed E-state index contributed by atoms with van der Waals surface area (Å²) >= 11 is 12.7. The first kappa shape index (κ1) is 22.1. The van der Waals surface area contributed by atoms with Crippen LogP contribution in [0.2, 0.25) is 10.0 Å². The van der Waals surface area contributed by atoms with Gasteiger partial charge in [-0.15, -0.1) is 0 Å². The molecule has 1 aromatic heterocycles. The summed E-state index contributed by atoms with van der Waals surface area (Å²) in [4.78, 5) is 19.1. The molecule has 0 saturated carbocycles. The molecular weight excluding hydrogens is 407 g/mol. The lowest BCUT2D eigenvalue weighted by Gasteiger charge is -2.19. The number of halogens is 2. The Morgan fingerprint density at radius 1 is 1.14 bits per heavy atom. The van der Waals surface area contributed by atoms with E-state index in [9.17, 15) is 9.59 Å². The lowest BCUT2D eigenvalue weighted by molar-refractivity contribution is -0.134. The van der Waals surface area contributed by atoms with Crippen molar-refractivity contribution in [1.82, 2.24) is 9.88 Å². The predicted octanol–water partition coefficient (Wildman–Crippen LogP) is 3.38. The Labute approximate surface area is 172 Å². The summed E-state index contributed by atoms with van der Waals surface area (Å²) < 4.78 is 8.13. The number of nitrogens with zero attached hydrogens (tertiary/aromatic N) is 1.